The lowest BCUT2D eigenvalue weighted by Gasteiger charge is -2.12. The summed E-state index contributed by atoms with van der Waals surface area (Å²) < 4.78 is 10.6. The van der Waals surface area contributed by atoms with Crippen LogP contribution in [0.3, 0.4) is 0 Å². The number of ether oxygens (including phenoxy) is 2. The zero-order chi connectivity index (χ0) is 17.9. The number of nitrogens with zero attached hydrogens (tertiary/aromatic N) is 2. The molecule has 0 saturated heterocycles. The van der Waals surface area contributed by atoms with Gasteiger partial charge >= 0.3 is 0 Å². The second kappa shape index (κ2) is 8.96. The van der Waals surface area contributed by atoms with Crippen molar-refractivity contribution < 1.29 is 14.3 Å². The molecule has 0 saturated carbocycles. The number of hydrogen-bond acceptors (Lipinski definition) is 7. The van der Waals surface area contributed by atoms with Crippen molar-refractivity contribution in [2.24, 2.45) is 5.10 Å². The lowest BCUT2D eigenvalue weighted by molar-refractivity contribution is 0.102. The number of benzene rings is 1. The summed E-state index contributed by atoms with van der Waals surface area (Å²) in [7, 11) is 3.21. The maximum absolute atomic E-state index is 11.5. The van der Waals surface area contributed by atoms with Gasteiger partial charge in [0, 0.05) is 12.5 Å². The molecule has 2 aromatic rings. The Morgan fingerprint density at radius 3 is 2.28 bits per heavy atom. The number of rotatable bonds is 6. The number of carbonyl (C=O) groups excluding carboxylic acids is 1. The van der Waals surface area contributed by atoms with Gasteiger partial charge in [0.1, 0.15) is 0 Å². The Balaban J connectivity index is 0.00000312. The predicted molar refractivity (Wildman–Crippen MR) is 107 cm³/mol. The summed E-state index contributed by atoms with van der Waals surface area (Å²) in [5.41, 5.74) is 6.39. The molecule has 1 N–H and O–H groups in total. The Morgan fingerprint density at radius 2 is 1.76 bits per heavy atom. The van der Waals surface area contributed by atoms with Crippen LogP contribution in [0.15, 0.2) is 17.2 Å². The van der Waals surface area contributed by atoms with Crippen LogP contribution >= 0.6 is 28.3 Å². The van der Waals surface area contributed by atoms with E-state index in [9.17, 15) is 4.79 Å². The van der Waals surface area contributed by atoms with Gasteiger partial charge in [0.2, 0.25) is 5.13 Å². The normalized spacial score (nSPS) is 10.9. The molecule has 1 heterocycles. The summed E-state index contributed by atoms with van der Waals surface area (Å²) in [5.74, 6) is 1.34. The average molecular weight is 428 g/mol. The number of hydrazone groups is 1. The number of ketones is 1. The highest BCUT2D eigenvalue weighted by molar-refractivity contribution is 8.93. The van der Waals surface area contributed by atoms with Gasteiger partial charge in [0.15, 0.2) is 17.3 Å². The van der Waals surface area contributed by atoms with Crippen LogP contribution in [0.25, 0.3) is 0 Å². The summed E-state index contributed by atoms with van der Waals surface area (Å²) in [6.07, 6.45) is 0. The van der Waals surface area contributed by atoms with E-state index >= 15 is 0 Å². The SMILES string of the molecule is Br.COc1cc(C)c(/C(C)=N\Nc2nc(C)c(C(C)=O)s2)cc1OC. The number of anilines is 1. The molecule has 0 fully saturated rings. The van der Waals surface area contributed by atoms with Gasteiger partial charge in [-0.1, -0.05) is 11.3 Å². The second-order valence-corrected chi connectivity index (χ2v) is 6.32. The highest BCUT2D eigenvalue weighted by atomic mass is 79.9. The highest BCUT2D eigenvalue weighted by Crippen LogP contribution is 2.30. The van der Waals surface area contributed by atoms with Gasteiger partial charge in [0.25, 0.3) is 0 Å². The molecule has 25 heavy (non-hydrogen) atoms. The number of thiazole rings is 1. The molecule has 0 spiro atoms. The van der Waals surface area contributed by atoms with E-state index in [0.29, 0.717) is 27.2 Å². The van der Waals surface area contributed by atoms with Crippen molar-refractivity contribution in [2.75, 3.05) is 19.6 Å². The number of Topliss-reactive ketones (excluding diaryl/α,β-unsaturated/α-hetero) is 1. The number of halogens is 1. The second-order valence-electron chi connectivity index (χ2n) is 5.32. The Morgan fingerprint density at radius 1 is 1.16 bits per heavy atom. The third-order valence-corrected chi connectivity index (χ3v) is 4.72. The monoisotopic (exact) mass is 427 g/mol. The van der Waals surface area contributed by atoms with Gasteiger partial charge < -0.3 is 9.47 Å². The molecule has 1 aromatic carbocycles. The minimum atomic E-state index is 0. The van der Waals surface area contributed by atoms with Crippen LogP contribution in [-0.2, 0) is 0 Å². The topological polar surface area (TPSA) is 72.8 Å². The van der Waals surface area contributed by atoms with Gasteiger partial charge in [-0.15, -0.1) is 17.0 Å². The molecule has 136 valence electrons. The number of hydrogen-bond donors (Lipinski definition) is 1. The van der Waals surface area contributed by atoms with Gasteiger partial charge in [-0.25, -0.2) is 4.98 Å². The minimum absolute atomic E-state index is 0. The molecule has 0 radical (unpaired) electrons. The Hall–Kier alpha value is -1.93. The molecule has 0 unspecified atom stereocenters. The van der Waals surface area contributed by atoms with Crippen molar-refractivity contribution in [3.63, 3.8) is 0 Å². The summed E-state index contributed by atoms with van der Waals surface area (Å²) >= 11 is 1.30. The maximum Gasteiger partial charge on any atom is 0.204 e. The molecule has 0 aliphatic heterocycles. The fourth-order valence-corrected chi connectivity index (χ4v) is 3.14. The largest absolute Gasteiger partial charge is 0.493 e. The lowest BCUT2D eigenvalue weighted by Crippen LogP contribution is -2.03. The van der Waals surface area contributed by atoms with Crippen LogP contribution in [0.5, 0.6) is 11.5 Å². The Kier molecular flexibility index (Phi) is 7.57. The molecular formula is C17H22BrN3O3S. The quantitative estimate of drug-likeness (QED) is 0.420. The summed E-state index contributed by atoms with van der Waals surface area (Å²) in [6, 6.07) is 3.80. The van der Waals surface area contributed by atoms with E-state index in [1.165, 1.54) is 18.3 Å². The van der Waals surface area contributed by atoms with Crippen molar-refractivity contribution in [1.82, 2.24) is 4.98 Å². The van der Waals surface area contributed by atoms with Crippen molar-refractivity contribution in [2.45, 2.75) is 27.7 Å². The molecular weight excluding hydrogens is 406 g/mol. The van der Waals surface area contributed by atoms with Crippen molar-refractivity contribution in [3.05, 3.63) is 33.8 Å². The fourth-order valence-electron chi connectivity index (χ4n) is 2.33. The Labute approximate surface area is 162 Å². The van der Waals surface area contributed by atoms with Crippen LogP contribution in [0, 0.1) is 13.8 Å². The van der Waals surface area contributed by atoms with Crippen LogP contribution in [0.1, 0.15) is 40.3 Å². The van der Waals surface area contributed by atoms with E-state index in [1.54, 1.807) is 14.2 Å². The van der Waals surface area contributed by atoms with E-state index in [1.807, 2.05) is 32.9 Å². The standard InChI is InChI=1S/C17H21N3O3S.BrH/c1-9-7-14(22-5)15(23-6)8-13(9)10(2)19-20-17-18-11(3)16(24-17)12(4)21;/h7-8H,1-6H3,(H,18,20);1H/b19-10-;. The van der Waals surface area contributed by atoms with Crippen LogP contribution in [0.2, 0.25) is 0 Å². The van der Waals surface area contributed by atoms with Crippen molar-refractivity contribution in [3.8, 4) is 11.5 Å². The number of nitrogens with one attached hydrogen (secondary N) is 1. The first-order valence-electron chi connectivity index (χ1n) is 7.39. The first kappa shape index (κ1) is 21.1. The molecule has 0 amide bonds. The number of carbonyl (C=O) groups is 1. The molecule has 1 aromatic heterocycles. The first-order chi connectivity index (χ1) is 11.4. The molecule has 0 atom stereocenters. The van der Waals surface area contributed by atoms with Gasteiger partial charge in [-0.05, 0) is 38.5 Å². The maximum atomic E-state index is 11.5. The smallest absolute Gasteiger partial charge is 0.204 e. The van der Waals surface area contributed by atoms with Gasteiger partial charge in [-0.3, -0.25) is 10.2 Å². The summed E-state index contributed by atoms with van der Waals surface area (Å²) in [6.45, 7) is 7.23. The predicted octanol–water partition coefficient (Wildman–Crippen LogP) is 4.39. The third-order valence-electron chi connectivity index (χ3n) is 3.56. The molecule has 0 aliphatic carbocycles. The number of aromatic nitrogens is 1. The molecule has 8 heteroatoms. The molecule has 2 rings (SSSR count). The first-order valence-corrected chi connectivity index (χ1v) is 8.20. The fraction of sp³-hybridized carbons (Fsp3) is 0.353. The van der Waals surface area contributed by atoms with E-state index in [2.05, 4.69) is 15.5 Å². The van der Waals surface area contributed by atoms with Crippen LogP contribution in [0.4, 0.5) is 5.13 Å². The minimum Gasteiger partial charge on any atom is -0.493 e. The third kappa shape index (κ3) is 4.79. The van der Waals surface area contributed by atoms with Gasteiger partial charge in [0.05, 0.1) is 30.5 Å². The summed E-state index contributed by atoms with van der Waals surface area (Å²) in [5, 5.41) is 4.97. The van der Waals surface area contributed by atoms with E-state index < -0.39 is 0 Å². The van der Waals surface area contributed by atoms with E-state index in [-0.39, 0.29) is 22.8 Å². The van der Waals surface area contributed by atoms with E-state index in [4.69, 9.17) is 9.47 Å². The summed E-state index contributed by atoms with van der Waals surface area (Å²) in [4.78, 5) is 16.5. The van der Waals surface area contributed by atoms with Crippen molar-refractivity contribution in [1.29, 1.82) is 0 Å². The van der Waals surface area contributed by atoms with E-state index in [0.717, 1.165) is 16.8 Å². The molecule has 6 nitrogen and oxygen atoms in total. The highest BCUT2D eigenvalue weighted by Gasteiger charge is 2.13. The van der Waals surface area contributed by atoms with Crippen LogP contribution in [-0.4, -0.2) is 30.7 Å². The molecule has 0 aliphatic rings. The van der Waals surface area contributed by atoms with Crippen LogP contribution < -0.4 is 14.9 Å². The molecule has 0 bridgehead atoms. The Bertz CT molecular complexity index is 803. The zero-order valence-corrected chi connectivity index (χ0v) is 17.6. The average Bonchev–Trinajstić information content (AvgIpc) is 2.93. The number of methoxy groups -OCH3 is 2. The zero-order valence-electron chi connectivity index (χ0n) is 15.1. The number of aryl methyl sites for hydroxylation is 2. The van der Waals surface area contributed by atoms with Crippen molar-refractivity contribution >= 4 is 44.9 Å². The lowest BCUT2D eigenvalue weighted by atomic mass is 10.0. The van der Waals surface area contributed by atoms with Gasteiger partial charge in [-0.2, -0.15) is 5.10 Å².